The first kappa shape index (κ1) is 27.4. The predicted octanol–water partition coefficient (Wildman–Crippen LogP) is -3.06. The van der Waals surface area contributed by atoms with Crippen molar-refractivity contribution in [3.05, 3.63) is 0 Å². The summed E-state index contributed by atoms with van der Waals surface area (Å²) in [6, 6.07) is 0. The van der Waals surface area contributed by atoms with Gasteiger partial charge in [0.05, 0.1) is 13.2 Å². The standard InChI is InChI=1S/C11H21BI2O11S/c12-22-2-3(16)5(17)11(25-26)9(21)7(19)8(20)10(24-14)6(18)4(1-15)23-13/h3-11,15-21,26H,1-2H2. The normalized spacial score (nSPS) is 22.7. The number of aliphatic hydroxyl groups is 7. The van der Waals surface area contributed by atoms with Crippen LogP contribution in [0.2, 0.25) is 0 Å². The van der Waals surface area contributed by atoms with Crippen molar-refractivity contribution < 1.29 is 50.7 Å². The summed E-state index contributed by atoms with van der Waals surface area (Å²) in [6.45, 7) is -1.12. The summed E-state index contributed by atoms with van der Waals surface area (Å²) in [7, 11) is 4.78. The van der Waals surface area contributed by atoms with E-state index >= 15 is 0 Å². The topological polar surface area (TPSA) is 179 Å². The molecular weight excluding hydrogens is 605 g/mol. The summed E-state index contributed by atoms with van der Waals surface area (Å²) in [4.78, 5) is 0. The van der Waals surface area contributed by atoms with Crippen molar-refractivity contribution in [2.24, 2.45) is 0 Å². The monoisotopic (exact) mass is 626 g/mol. The number of rotatable bonds is 14. The second-order valence-corrected chi connectivity index (χ2v) is 6.52. The lowest BCUT2D eigenvalue weighted by Crippen LogP contribution is -2.58. The van der Waals surface area contributed by atoms with Gasteiger partial charge in [0.2, 0.25) is 0 Å². The second-order valence-electron chi connectivity index (χ2n) is 5.29. The Morgan fingerprint density at radius 1 is 0.808 bits per heavy atom. The number of hydrogen-bond acceptors (Lipinski definition) is 12. The third-order valence-electron chi connectivity index (χ3n) is 3.61. The second kappa shape index (κ2) is 14.4. The van der Waals surface area contributed by atoms with Gasteiger partial charge in [-0.2, -0.15) is 0 Å². The van der Waals surface area contributed by atoms with Gasteiger partial charge < -0.3 is 50.7 Å². The van der Waals surface area contributed by atoms with Crippen molar-refractivity contribution in [3.8, 4) is 0 Å². The SMILES string of the molecule is [B]OCC(O)C(O)C(OS)C(O)C(O)C(O)C(OI)C(O)C(CO)OI. The quantitative estimate of drug-likeness (QED) is 0.0426. The van der Waals surface area contributed by atoms with E-state index in [-0.39, 0.29) is 0 Å². The van der Waals surface area contributed by atoms with E-state index in [2.05, 4.69) is 21.7 Å². The highest BCUT2D eigenvalue weighted by Crippen LogP contribution is 2.22. The highest BCUT2D eigenvalue weighted by molar-refractivity contribution is 14.1. The third kappa shape index (κ3) is 7.69. The first-order chi connectivity index (χ1) is 12.2. The van der Waals surface area contributed by atoms with Crippen LogP contribution in [0.25, 0.3) is 0 Å². The Morgan fingerprint density at radius 2 is 1.35 bits per heavy atom. The van der Waals surface area contributed by atoms with Crippen molar-refractivity contribution in [2.45, 2.75) is 54.9 Å². The molecule has 26 heavy (non-hydrogen) atoms. The maximum absolute atomic E-state index is 10.2. The van der Waals surface area contributed by atoms with Crippen molar-refractivity contribution in [1.82, 2.24) is 0 Å². The van der Waals surface area contributed by atoms with Gasteiger partial charge in [-0.1, -0.05) is 0 Å². The van der Waals surface area contributed by atoms with Crippen LogP contribution in [0.15, 0.2) is 0 Å². The molecule has 0 aromatic rings. The van der Waals surface area contributed by atoms with Gasteiger partial charge in [-0.05, 0) is 12.9 Å². The number of hydrogen-bond donors (Lipinski definition) is 8. The Labute approximate surface area is 185 Å². The minimum atomic E-state index is -2.02. The van der Waals surface area contributed by atoms with Crippen molar-refractivity contribution in [3.63, 3.8) is 0 Å². The smallest absolute Gasteiger partial charge is 0.282 e. The summed E-state index contributed by atoms with van der Waals surface area (Å²) in [5, 5.41) is 69.3. The van der Waals surface area contributed by atoms with Crippen LogP contribution >= 0.6 is 58.9 Å². The Bertz CT molecular complexity index is 373. The maximum Gasteiger partial charge on any atom is 0.282 e. The van der Waals surface area contributed by atoms with Crippen LogP contribution in [-0.2, 0) is 15.0 Å². The van der Waals surface area contributed by atoms with Gasteiger partial charge in [0, 0.05) is 0 Å². The maximum atomic E-state index is 10.2. The number of thiol groups is 1. The molecule has 154 valence electrons. The number of halogens is 2. The molecule has 0 aliphatic rings. The van der Waals surface area contributed by atoms with E-state index in [1.54, 1.807) is 0 Å². The van der Waals surface area contributed by atoms with Gasteiger partial charge in [-0.3, -0.25) is 0 Å². The molecule has 7 N–H and O–H groups in total. The van der Waals surface area contributed by atoms with Crippen LogP contribution < -0.4 is 0 Å². The highest BCUT2D eigenvalue weighted by Gasteiger charge is 2.44. The Hall–Kier alpha value is 1.43. The van der Waals surface area contributed by atoms with Crippen molar-refractivity contribution in [2.75, 3.05) is 13.2 Å². The highest BCUT2D eigenvalue weighted by atomic mass is 127. The molecule has 0 aliphatic heterocycles. The lowest BCUT2D eigenvalue weighted by molar-refractivity contribution is -0.167. The molecule has 2 radical (unpaired) electrons. The molecule has 0 amide bonds. The minimum absolute atomic E-state index is 0.510. The van der Waals surface area contributed by atoms with Crippen LogP contribution in [0.5, 0.6) is 0 Å². The summed E-state index contributed by atoms with van der Waals surface area (Å²) in [5.74, 6) is 0. The van der Waals surface area contributed by atoms with Crippen LogP contribution in [0.1, 0.15) is 0 Å². The molecule has 0 aromatic heterocycles. The van der Waals surface area contributed by atoms with Crippen LogP contribution in [0, 0.1) is 0 Å². The summed E-state index contributed by atoms with van der Waals surface area (Å²) in [5.41, 5.74) is 0. The van der Waals surface area contributed by atoms with E-state index in [9.17, 15) is 30.6 Å². The molecule has 0 bridgehead atoms. The molecule has 0 rings (SSSR count). The summed E-state index contributed by atoms with van der Waals surface area (Å²) in [6.07, 6.45) is -15.2. The molecular formula is C11H21BI2O11S. The van der Waals surface area contributed by atoms with Gasteiger partial charge in [0.15, 0.2) is 0 Å². The fourth-order valence-corrected chi connectivity index (χ4v) is 3.35. The summed E-state index contributed by atoms with van der Waals surface area (Å²) < 4.78 is 18.4. The average molecular weight is 626 g/mol. The zero-order chi connectivity index (χ0) is 20.4. The van der Waals surface area contributed by atoms with E-state index in [0.29, 0.717) is 0 Å². The molecule has 0 saturated carbocycles. The third-order valence-corrected chi connectivity index (χ3v) is 5.09. The first-order valence-corrected chi connectivity index (χ1v) is 9.20. The Balaban J connectivity index is 5.22. The van der Waals surface area contributed by atoms with E-state index in [1.165, 1.54) is 46.0 Å². The lowest BCUT2D eigenvalue weighted by atomic mass is 9.92. The minimum Gasteiger partial charge on any atom is -0.445 e. The van der Waals surface area contributed by atoms with Crippen molar-refractivity contribution in [1.29, 1.82) is 0 Å². The molecule has 0 aliphatic carbocycles. The van der Waals surface area contributed by atoms with E-state index in [1.807, 2.05) is 0 Å². The average Bonchev–Trinajstić information content (AvgIpc) is 2.63. The molecule has 0 aromatic carbocycles. The Morgan fingerprint density at radius 3 is 1.73 bits per heavy atom. The van der Waals surface area contributed by atoms with Crippen LogP contribution in [-0.4, -0.2) is 112 Å². The molecule has 0 fully saturated rings. The molecule has 0 saturated heterocycles. The van der Waals surface area contributed by atoms with Gasteiger partial charge >= 0.3 is 0 Å². The molecule has 15 heteroatoms. The first-order valence-electron chi connectivity index (χ1n) is 7.07. The van der Waals surface area contributed by atoms with E-state index in [4.69, 9.17) is 19.3 Å². The zero-order valence-electron chi connectivity index (χ0n) is 13.2. The summed E-state index contributed by atoms with van der Waals surface area (Å²) >= 11 is 6.24. The molecule has 0 spiro atoms. The fraction of sp³-hybridized carbons (Fsp3) is 1.00. The van der Waals surface area contributed by atoms with E-state index in [0.717, 1.165) is 0 Å². The lowest BCUT2D eigenvalue weighted by Gasteiger charge is -2.36. The van der Waals surface area contributed by atoms with Gasteiger partial charge in [0.25, 0.3) is 8.05 Å². The largest absolute Gasteiger partial charge is 0.445 e. The van der Waals surface area contributed by atoms with Gasteiger partial charge in [-0.15, -0.1) is 0 Å². The zero-order valence-corrected chi connectivity index (χ0v) is 18.4. The predicted molar refractivity (Wildman–Crippen MR) is 106 cm³/mol. The molecule has 9 atom stereocenters. The van der Waals surface area contributed by atoms with E-state index < -0.39 is 68.1 Å². The fourth-order valence-electron chi connectivity index (χ4n) is 2.04. The van der Waals surface area contributed by atoms with Crippen molar-refractivity contribution >= 4 is 67.0 Å². The molecule has 11 nitrogen and oxygen atoms in total. The van der Waals surface area contributed by atoms with Gasteiger partial charge in [-0.25, -0.2) is 0 Å². The molecule has 9 unspecified atom stereocenters. The Kier molecular flexibility index (Phi) is 15.2. The molecule has 0 heterocycles. The van der Waals surface area contributed by atoms with Gasteiger partial charge in [0.1, 0.15) is 101 Å². The van der Waals surface area contributed by atoms with Crippen LogP contribution in [0.4, 0.5) is 0 Å². The number of aliphatic hydroxyl groups excluding tert-OH is 7. The van der Waals surface area contributed by atoms with Crippen LogP contribution in [0.3, 0.4) is 0 Å².